The van der Waals surface area contributed by atoms with Crippen LogP contribution in [0.2, 0.25) is 0 Å². The lowest BCUT2D eigenvalue weighted by atomic mass is 9.99. The first-order chi connectivity index (χ1) is 9.67. The molecule has 6 nitrogen and oxygen atoms in total. The van der Waals surface area contributed by atoms with E-state index in [1.54, 1.807) is 18.3 Å². The van der Waals surface area contributed by atoms with Gasteiger partial charge in [-0.2, -0.15) is 0 Å². The zero-order valence-electron chi connectivity index (χ0n) is 10.8. The number of aromatic nitrogens is 1. The largest absolute Gasteiger partial charge is 0.444 e. The maximum atomic E-state index is 12.1. The minimum absolute atomic E-state index is 0.220. The molecule has 1 atom stereocenters. The fourth-order valence-corrected chi connectivity index (χ4v) is 2.09. The molecule has 0 radical (unpaired) electrons. The van der Waals surface area contributed by atoms with Crippen LogP contribution in [0.15, 0.2) is 41.3 Å². The maximum absolute atomic E-state index is 12.1. The van der Waals surface area contributed by atoms with Crippen LogP contribution in [0.4, 0.5) is 5.69 Å². The summed E-state index contributed by atoms with van der Waals surface area (Å²) >= 11 is 0. The van der Waals surface area contributed by atoms with Crippen molar-refractivity contribution in [2.75, 3.05) is 18.5 Å². The van der Waals surface area contributed by atoms with Crippen molar-refractivity contribution in [3.05, 3.63) is 36.9 Å². The highest BCUT2D eigenvalue weighted by atomic mass is 16.5. The van der Waals surface area contributed by atoms with Gasteiger partial charge < -0.3 is 20.2 Å². The van der Waals surface area contributed by atoms with Gasteiger partial charge in [0.05, 0.1) is 12.8 Å². The van der Waals surface area contributed by atoms with E-state index in [2.05, 4.69) is 10.3 Å². The summed E-state index contributed by atoms with van der Waals surface area (Å²) in [6, 6.07) is 7.30. The van der Waals surface area contributed by atoms with Gasteiger partial charge in [-0.1, -0.05) is 0 Å². The van der Waals surface area contributed by atoms with Crippen molar-refractivity contribution in [3.8, 4) is 11.3 Å². The third-order valence-electron chi connectivity index (χ3n) is 3.36. The van der Waals surface area contributed by atoms with E-state index in [1.807, 2.05) is 12.1 Å². The minimum atomic E-state index is -0.927. The standard InChI is InChI=1S/C14H15N3O3/c15-14(5-6-19-8-14)13(18)17-11-3-1-10(2-4-11)12-7-16-9-20-12/h1-4,7,9H,5-6,8,15H2,(H,17,18). The maximum Gasteiger partial charge on any atom is 0.246 e. The highest BCUT2D eigenvalue weighted by Gasteiger charge is 2.38. The number of benzene rings is 1. The molecule has 1 aliphatic rings. The third-order valence-corrected chi connectivity index (χ3v) is 3.36. The number of rotatable bonds is 3. The molecule has 1 aliphatic heterocycles. The van der Waals surface area contributed by atoms with Gasteiger partial charge in [0.15, 0.2) is 12.2 Å². The molecule has 1 unspecified atom stereocenters. The van der Waals surface area contributed by atoms with Crippen LogP contribution in [-0.2, 0) is 9.53 Å². The molecule has 0 spiro atoms. The van der Waals surface area contributed by atoms with Crippen molar-refractivity contribution in [2.24, 2.45) is 5.73 Å². The summed E-state index contributed by atoms with van der Waals surface area (Å²) in [6.07, 6.45) is 3.55. The number of hydrogen-bond donors (Lipinski definition) is 2. The first-order valence-electron chi connectivity index (χ1n) is 6.34. The number of oxazole rings is 1. The number of carbonyl (C=O) groups excluding carboxylic acids is 1. The SMILES string of the molecule is NC1(C(=O)Nc2ccc(-c3cnco3)cc2)CCOC1. The molecule has 0 aliphatic carbocycles. The van der Waals surface area contributed by atoms with E-state index in [9.17, 15) is 4.79 Å². The molecule has 1 aromatic carbocycles. The Bertz CT molecular complexity index is 587. The molecule has 1 saturated heterocycles. The zero-order valence-corrected chi connectivity index (χ0v) is 10.8. The summed E-state index contributed by atoms with van der Waals surface area (Å²) in [5, 5.41) is 2.81. The second-order valence-electron chi connectivity index (χ2n) is 4.86. The van der Waals surface area contributed by atoms with E-state index < -0.39 is 5.54 Å². The summed E-state index contributed by atoms with van der Waals surface area (Å²) in [4.78, 5) is 16.0. The fraction of sp³-hybridized carbons (Fsp3) is 0.286. The van der Waals surface area contributed by atoms with E-state index in [4.69, 9.17) is 14.9 Å². The zero-order chi connectivity index (χ0) is 14.0. The number of anilines is 1. The Balaban J connectivity index is 1.71. The van der Waals surface area contributed by atoms with Crippen LogP contribution >= 0.6 is 0 Å². The Hall–Kier alpha value is -2.18. The Morgan fingerprint density at radius 1 is 1.35 bits per heavy atom. The molecule has 1 aromatic heterocycles. The molecule has 1 amide bonds. The lowest BCUT2D eigenvalue weighted by molar-refractivity contribution is -0.121. The molecule has 3 rings (SSSR count). The molecule has 0 saturated carbocycles. The summed E-state index contributed by atoms with van der Waals surface area (Å²) < 4.78 is 10.4. The number of hydrogen-bond acceptors (Lipinski definition) is 5. The van der Waals surface area contributed by atoms with E-state index >= 15 is 0 Å². The average molecular weight is 273 g/mol. The van der Waals surface area contributed by atoms with Gasteiger partial charge in [-0.15, -0.1) is 0 Å². The number of carbonyl (C=O) groups is 1. The molecule has 3 N–H and O–H groups in total. The smallest absolute Gasteiger partial charge is 0.246 e. The quantitative estimate of drug-likeness (QED) is 0.882. The van der Waals surface area contributed by atoms with Crippen molar-refractivity contribution < 1.29 is 13.9 Å². The van der Waals surface area contributed by atoms with Crippen molar-refractivity contribution in [2.45, 2.75) is 12.0 Å². The van der Waals surface area contributed by atoms with Crippen molar-refractivity contribution in [1.82, 2.24) is 4.98 Å². The Morgan fingerprint density at radius 3 is 2.75 bits per heavy atom. The lowest BCUT2D eigenvalue weighted by Gasteiger charge is -2.20. The minimum Gasteiger partial charge on any atom is -0.444 e. The monoisotopic (exact) mass is 273 g/mol. The van der Waals surface area contributed by atoms with Crippen molar-refractivity contribution in [1.29, 1.82) is 0 Å². The van der Waals surface area contributed by atoms with E-state index in [1.165, 1.54) is 6.39 Å². The molecular formula is C14H15N3O3. The molecule has 20 heavy (non-hydrogen) atoms. The molecule has 104 valence electrons. The van der Waals surface area contributed by atoms with Crippen LogP contribution in [-0.4, -0.2) is 29.6 Å². The van der Waals surface area contributed by atoms with Gasteiger partial charge in [-0.05, 0) is 30.7 Å². The highest BCUT2D eigenvalue weighted by molar-refractivity contribution is 5.98. The number of ether oxygens (including phenoxy) is 1. The van der Waals surface area contributed by atoms with Gasteiger partial charge >= 0.3 is 0 Å². The summed E-state index contributed by atoms with van der Waals surface area (Å²) in [6.45, 7) is 0.781. The fourth-order valence-electron chi connectivity index (χ4n) is 2.09. The van der Waals surface area contributed by atoms with Gasteiger partial charge in [0.2, 0.25) is 5.91 Å². The van der Waals surface area contributed by atoms with Gasteiger partial charge in [0.1, 0.15) is 5.54 Å². The highest BCUT2D eigenvalue weighted by Crippen LogP contribution is 2.22. The van der Waals surface area contributed by atoms with Crippen LogP contribution < -0.4 is 11.1 Å². The topological polar surface area (TPSA) is 90.4 Å². The Morgan fingerprint density at radius 2 is 2.15 bits per heavy atom. The summed E-state index contributed by atoms with van der Waals surface area (Å²) in [7, 11) is 0. The summed E-state index contributed by atoms with van der Waals surface area (Å²) in [5.74, 6) is 0.463. The van der Waals surface area contributed by atoms with E-state index in [0.29, 0.717) is 24.5 Å². The van der Waals surface area contributed by atoms with Gasteiger partial charge in [-0.25, -0.2) is 4.98 Å². The predicted molar refractivity (Wildman–Crippen MR) is 72.9 cm³/mol. The predicted octanol–water partition coefficient (Wildman–Crippen LogP) is 1.40. The third kappa shape index (κ3) is 2.43. The lowest BCUT2D eigenvalue weighted by Crippen LogP contribution is -2.51. The van der Waals surface area contributed by atoms with Crippen molar-refractivity contribution in [3.63, 3.8) is 0 Å². The molecule has 0 bridgehead atoms. The first kappa shape index (κ1) is 12.8. The Kier molecular flexibility index (Phi) is 3.25. The van der Waals surface area contributed by atoms with Gasteiger partial charge in [0, 0.05) is 17.9 Å². The number of nitrogens with zero attached hydrogens (tertiary/aromatic N) is 1. The summed E-state index contributed by atoms with van der Waals surface area (Å²) in [5.41, 5.74) is 6.66. The van der Waals surface area contributed by atoms with Crippen LogP contribution in [0.1, 0.15) is 6.42 Å². The number of nitrogens with two attached hydrogens (primary N) is 1. The molecule has 1 fully saturated rings. The second kappa shape index (κ2) is 5.07. The number of amides is 1. The Labute approximate surface area is 115 Å². The van der Waals surface area contributed by atoms with E-state index in [-0.39, 0.29) is 12.5 Å². The van der Waals surface area contributed by atoms with Crippen LogP contribution in [0.5, 0.6) is 0 Å². The first-order valence-corrected chi connectivity index (χ1v) is 6.34. The second-order valence-corrected chi connectivity index (χ2v) is 4.86. The number of nitrogens with one attached hydrogen (secondary N) is 1. The molecule has 2 aromatic rings. The molecular weight excluding hydrogens is 258 g/mol. The normalized spacial score (nSPS) is 21.9. The van der Waals surface area contributed by atoms with Crippen LogP contribution in [0, 0.1) is 0 Å². The van der Waals surface area contributed by atoms with E-state index in [0.717, 1.165) is 5.56 Å². The van der Waals surface area contributed by atoms with Gasteiger partial charge in [0.25, 0.3) is 0 Å². The van der Waals surface area contributed by atoms with Crippen LogP contribution in [0.3, 0.4) is 0 Å². The van der Waals surface area contributed by atoms with Crippen molar-refractivity contribution >= 4 is 11.6 Å². The molecule has 6 heteroatoms. The van der Waals surface area contributed by atoms with Gasteiger partial charge in [-0.3, -0.25) is 4.79 Å². The average Bonchev–Trinajstić information content (AvgIpc) is 3.11. The van der Waals surface area contributed by atoms with Crippen LogP contribution in [0.25, 0.3) is 11.3 Å². The molecule has 2 heterocycles.